The molecule has 2 heteroatoms. The predicted octanol–water partition coefficient (Wildman–Crippen LogP) is 2.29. The van der Waals surface area contributed by atoms with Gasteiger partial charge in [0.25, 0.3) is 0 Å². The number of hydrogen-bond acceptors (Lipinski definition) is 2. The van der Waals surface area contributed by atoms with Crippen molar-refractivity contribution < 1.29 is 4.79 Å². The Morgan fingerprint density at radius 2 is 1.91 bits per heavy atom. The van der Waals surface area contributed by atoms with Gasteiger partial charge in [-0.25, -0.2) is 9.79 Å². The van der Waals surface area contributed by atoms with Crippen LogP contribution in [0.1, 0.15) is 39.5 Å². The summed E-state index contributed by atoms with van der Waals surface area (Å²) in [5, 5.41) is 0. The average Bonchev–Trinajstić information content (AvgIpc) is 1.94. The maximum Gasteiger partial charge on any atom is 0.235 e. The number of isocyanates is 1. The Morgan fingerprint density at radius 3 is 2.36 bits per heavy atom. The molecule has 2 nitrogen and oxygen atoms in total. The highest BCUT2D eigenvalue weighted by molar-refractivity contribution is 5.33. The van der Waals surface area contributed by atoms with Crippen molar-refractivity contribution in [2.24, 2.45) is 10.4 Å². The first-order valence-electron chi connectivity index (χ1n) is 4.21. The first kappa shape index (κ1) is 8.48. The van der Waals surface area contributed by atoms with Crippen LogP contribution in [0.25, 0.3) is 0 Å². The Labute approximate surface area is 67.7 Å². The van der Waals surface area contributed by atoms with E-state index in [0.29, 0.717) is 5.41 Å². The third-order valence-corrected chi connectivity index (χ3v) is 2.54. The molecule has 0 unspecified atom stereocenters. The van der Waals surface area contributed by atoms with E-state index in [4.69, 9.17) is 0 Å². The van der Waals surface area contributed by atoms with Crippen LogP contribution in [0.3, 0.4) is 0 Å². The van der Waals surface area contributed by atoms with E-state index in [1.54, 1.807) is 6.08 Å². The normalized spacial score (nSPS) is 24.2. The number of hydrogen-bond donors (Lipinski definition) is 0. The minimum Gasteiger partial charge on any atom is -0.211 e. The van der Waals surface area contributed by atoms with Gasteiger partial charge in [-0.3, -0.25) is 0 Å². The van der Waals surface area contributed by atoms with Crippen LogP contribution in [-0.2, 0) is 4.79 Å². The lowest BCUT2D eigenvalue weighted by Gasteiger charge is -2.31. The Kier molecular flexibility index (Phi) is 2.45. The fourth-order valence-electron chi connectivity index (χ4n) is 1.59. The van der Waals surface area contributed by atoms with E-state index < -0.39 is 0 Å². The van der Waals surface area contributed by atoms with E-state index in [-0.39, 0.29) is 6.04 Å². The second kappa shape index (κ2) is 3.19. The van der Waals surface area contributed by atoms with Gasteiger partial charge >= 0.3 is 0 Å². The van der Waals surface area contributed by atoms with Crippen LogP contribution in [0.4, 0.5) is 0 Å². The van der Waals surface area contributed by atoms with Gasteiger partial charge in [-0.15, -0.1) is 0 Å². The summed E-state index contributed by atoms with van der Waals surface area (Å²) < 4.78 is 0. The first-order chi connectivity index (χ1) is 5.14. The highest BCUT2D eigenvalue weighted by Crippen LogP contribution is 2.35. The number of carbonyl (C=O) groups excluding carboxylic acids is 1. The van der Waals surface area contributed by atoms with E-state index in [1.165, 1.54) is 12.8 Å². The van der Waals surface area contributed by atoms with Crippen molar-refractivity contribution in [3.63, 3.8) is 0 Å². The zero-order valence-corrected chi connectivity index (χ0v) is 7.26. The molecule has 62 valence electrons. The molecule has 0 aliphatic heterocycles. The highest BCUT2D eigenvalue weighted by Gasteiger charge is 2.26. The van der Waals surface area contributed by atoms with Gasteiger partial charge in [0.1, 0.15) is 0 Å². The smallest absolute Gasteiger partial charge is 0.211 e. The lowest BCUT2D eigenvalue weighted by atomic mass is 9.76. The number of rotatable bonds is 1. The fourth-order valence-corrected chi connectivity index (χ4v) is 1.59. The zero-order valence-electron chi connectivity index (χ0n) is 7.26. The van der Waals surface area contributed by atoms with Crippen molar-refractivity contribution in [2.75, 3.05) is 0 Å². The van der Waals surface area contributed by atoms with Crippen LogP contribution in [0.5, 0.6) is 0 Å². The van der Waals surface area contributed by atoms with Crippen molar-refractivity contribution in [2.45, 2.75) is 45.6 Å². The standard InChI is InChI=1S/C9H15NO/c1-9(2)5-3-8(4-6-9)10-7-11/h8H,3-6H2,1-2H3. The Hall–Kier alpha value is -0.620. The molecule has 0 heterocycles. The van der Waals surface area contributed by atoms with Gasteiger partial charge in [-0.2, -0.15) is 0 Å². The topological polar surface area (TPSA) is 29.4 Å². The maximum atomic E-state index is 9.94. The summed E-state index contributed by atoms with van der Waals surface area (Å²) in [6.45, 7) is 4.54. The van der Waals surface area contributed by atoms with Crippen molar-refractivity contribution in [3.05, 3.63) is 0 Å². The molecule has 0 aromatic carbocycles. The predicted molar refractivity (Wildman–Crippen MR) is 44.2 cm³/mol. The third-order valence-electron chi connectivity index (χ3n) is 2.54. The van der Waals surface area contributed by atoms with Crippen molar-refractivity contribution in [1.29, 1.82) is 0 Å². The molecule has 0 aromatic heterocycles. The molecule has 0 atom stereocenters. The molecule has 0 N–H and O–H groups in total. The minimum atomic E-state index is 0.264. The molecular formula is C9H15NO. The quantitative estimate of drug-likeness (QED) is 0.420. The molecule has 1 aliphatic carbocycles. The summed E-state index contributed by atoms with van der Waals surface area (Å²) >= 11 is 0. The van der Waals surface area contributed by atoms with Crippen molar-refractivity contribution in [1.82, 2.24) is 0 Å². The summed E-state index contributed by atoms with van der Waals surface area (Å²) in [6.07, 6.45) is 6.12. The summed E-state index contributed by atoms with van der Waals surface area (Å²) in [5.41, 5.74) is 0.467. The summed E-state index contributed by atoms with van der Waals surface area (Å²) in [4.78, 5) is 13.7. The van der Waals surface area contributed by atoms with Gasteiger partial charge in [-0.05, 0) is 31.1 Å². The lowest BCUT2D eigenvalue weighted by Crippen LogP contribution is -2.23. The molecular weight excluding hydrogens is 138 g/mol. The van der Waals surface area contributed by atoms with Gasteiger partial charge < -0.3 is 0 Å². The molecule has 0 radical (unpaired) electrons. The molecule has 0 amide bonds. The fraction of sp³-hybridized carbons (Fsp3) is 0.889. The molecule has 1 aliphatic rings. The average molecular weight is 153 g/mol. The molecule has 11 heavy (non-hydrogen) atoms. The molecule has 1 fully saturated rings. The third kappa shape index (κ3) is 2.47. The van der Waals surface area contributed by atoms with Crippen LogP contribution >= 0.6 is 0 Å². The maximum absolute atomic E-state index is 9.94. The summed E-state index contributed by atoms with van der Waals surface area (Å²) in [5.74, 6) is 0. The number of aliphatic imine (C=N–C) groups is 1. The molecule has 0 spiro atoms. The molecule has 1 rings (SSSR count). The molecule has 0 saturated heterocycles. The second-order valence-electron chi connectivity index (χ2n) is 4.12. The van der Waals surface area contributed by atoms with E-state index in [2.05, 4.69) is 18.8 Å². The van der Waals surface area contributed by atoms with E-state index >= 15 is 0 Å². The van der Waals surface area contributed by atoms with Gasteiger partial charge in [0, 0.05) is 0 Å². The zero-order chi connectivity index (χ0) is 8.32. The Bertz CT molecular complexity index is 170. The lowest BCUT2D eigenvalue weighted by molar-refractivity contribution is 0.226. The molecule has 0 aromatic rings. The van der Waals surface area contributed by atoms with Crippen molar-refractivity contribution >= 4 is 6.08 Å². The van der Waals surface area contributed by atoms with Crippen LogP contribution in [0, 0.1) is 5.41 Å². The Balaban J connectivity index is 2.42. The first-order valence-corrected chi connectivity index (χ1v) is 4.21. The van der Waals surface area contributed by atoms with Crippen LogP contribution < -0.4 is 0 Å². The Morgan fingerprint density at radius 1 is 1.36 bits per heavy atom. The SMILES string of the molecule is CC1(C)CCC(N=C=O)CC1. The summed E-state index contributed by atoms with van der Waals surface area (Å²) in [6, 6.07) is 0.264. The monoisotopic (exact) mass is 153 g/mol. The van der Waals surface area contributed by atoms with Gasteiger partial charge in [-0.1, -0.05) is 13.8 Å². The van der Waals surface area contributed by atoms with Crippen molar-refractivity contribution in [3.8, 4) is 0 Å². The largest absolute Gasteiger partial charge is 0.235 e. The van der Waals surface area contributed by atoms with Gasteiger partial charge in [0.15, 0.2) is 0 Å². The van der Waals surface area contributed by atoms with Gasteiger partial charge in [0.2, 0.25) is 6.08 Å². The molecule has 1 saturated carbocycles. The highest BCUT2D eigenvalue weighted by atomic mass is 16.1. The van der Waals surface area contributed by atoms with E-state index in [9.17, 15) is 4.79 Å². The van der Waals surface area contributed by atoms with Crippen LogP contribution in [0.2, 0.25) is 0 Å². The second-order valence-corrected chi connectivity index (χ2v) is 4.12. The molecule has 0 bridgehead atoms. The van der Waals surface area contributed by atoms with Gasteiger partial charge in [0.05, 0.1) is 6.04 Å². The van der Waals surface area contributed by atoms with E-state index in [0.717, 1.165) is 12.8 Å². The van der Waals surface area contributed by atoms with Crippen LogP contribution in [0.15, 0.2) is 4.99 Å². The van der Waals surface area contributed by atoms with E-state index in [1.807, 2.05) is 0 Å². The summed E-state index contributed by atoms with van der Waals surface area (Å²) in [7, 11) is 0. The van der Waals surface area contributed by atoms with Crippen LogP contribution in [-0.4, -0.2) is 12.1 Å². The number of nitrogens with zero attached hydrogens (tertiary/aromatic N) is 1. The minimum absolute atomic E-state index is 0.264.